The first kappa shape index (κ1) is 17.5. The van der Waals surface area contributed by atoms with Gasteiger partial charge in [0.15, 0.2) is 0 Å². The molecule has 0 saturated carbocycles. The molecule has 1 amide bonds. The number of nitrogens with zero attached hydrogens (tertiary/aromatic N) is 3. The lowest BCUT2D eigenvalue weighted by Crippen LogP contribution is -2.35. The number of benzene rings is 2. The van der Waals surface area contributed by atoms with E-state index in [1.54, 1.807) is 12.5 Å². The molecule has 138 valence electrons. The van der Waals surface area contributed by atoms with Gasteiger partial charge in [0.05, 0.1) is 12.4 Å². The van der Waals surface area contributed by atoms with Crippen LogP contribution in [-0.4, -0.2) is 33.4 Å². The summed E-state index contributed by atoms with van der Waals surface area (Å²) in [6, 6.07) is 19.0. The second-order valence-corrected chi connectivity index (χ2v) is 6.92. The molecular weight excluding hydrogens is 336 g/mol. The Bertz CT molecular complexity index is 859. The van der Waals surface area contributed by atoms with Crippen LogP contribution in [0, 0.1) is 0 Å². The highest BCUT2D eigenvalue weighted by Crippen LogP contribution is 2.19. The monoisotopic (exact) mass is 360 g/mol. The van der Waals surface area contributed by atoms with Crippen LogP contribution in [0.3, 0.4) is 0 Å². The van der Waals surface area contributed by atoms with Crippen molar-refractivity contribution in [2.24, 2.45) is 0 Å². The Morgan fingerprint density at radius 1 is 1.07 bits per heavy atom. The van der Waals surface area contributed by atoms with Crippen molar-refractivity contribution in [1.29, 1.82) is 0 Å². The van der Waals surface area contributed by atoms with Crippen LogP contribution < -0.4 is 5.32 Å². The summed E-state index contributed by atoms with van der Waals surface area (Å²) in [6.07, 6.45) is 7.16. The zero-order valence-electron chi connectivity index (χ0n) is 15.3. The van der Waals surface area contributed by atoms with E-state index in [4.69, 9.17) is 0 Å². The van der Waals surface area contributed by atoms with Gasteiger partial charge in [0.25, 0.3) is 0 Å². The highest BCUT2D eigenvalue weighted by atomic mass is 16.2. The lowest BCUT2D eigenvalue weighted by atomic mass is 10.1. The van der Waals surface area contributed by atoms with E-state index < -0.39 is 0 Å². The minimum absolute atomic E-state index is 0.126. The van der Waals surface area contributed by atoms with Crippen molar-refractivity contribution in [2.75, 3.05) is 13.1 Å². The predicted octanol–water partition coefficient (Wildman–Crippen LogP) is 3.33. The van der Waals surface area contributed by atoms with Gasteiger partial charge < -0.3 is 14.8 Å². The summed E-state index contributed by atoms with van der Waals surface area (Å²) in [7, 11) is 0. The van der Waals surface area contributed by atoms with Crippen LogP contribution in [0.15, 0.2) is 73.3 Å². The first-order valence-electron chi connectivity index (χ1n) is 9.43. The van der Waals surface area contributed by atoms with E-state index in [1.165, 1.54) is 11.1 Å². The zero-order valence-corrected chi connectivity index (χ0v) is 15.3. The number of likely N-dealkylation sites (tertiary alicyclic amines) is 1. The van der Waals surface area contributed by atoms with Crippen molar-refractivity contribution in [3.05, 3.63) is 84.4 Å². The maximum absolute atomic E-state index is 12.1. The van der Waals surface area contributed by atoms with Gasteiger partial charge in [0.1, 0.15) is 0 Å². The molecule has 27 heavy (non-hydrogen) atoms. The molecule has 1 saturated heterocycles. The molecule has 0 radical (unpaired) electrons. The van der Waals surface area contributed by atoms with Gasteiger partial charge in [-0.1, -0.05) is 42.5 Å². The molecule has 0 aliphatic carbocycles. The van der Waals surface area contributed by atoms with Crippen LogP contribution in [0.25, 0.3) is 5.69 Å². The van der Waals surface area contributed by atoms with Crippen molar-refractivity contribution < 1.29 is 4.79 Å². The van der Waals surface area contributed by atoms with Gasteiger partial charge in [-0.05, 0) is 29.7 Å². The van der Waals surface area contributed by atoms with Gasteiger partial charge in [-0.15, -0.1) is 0 Å². The normalized spacial score (nSPS) is 15.3. The number of rotatable bonds is 7. The van der Waals surface area contributed by atoms with Crippen molar-refractivity contribution in [2.45, 2.75) is 25.4 Å². The average Bonchev–Trinajstić information content (AvgIpc) is 3.38. The van der Waals surface area contributed by atoms with E-state index in [9.17, 15) is 4.79 Å². The topological polar surface area (TPSA) is 50.2 Å². The van der Waals surface area contributed by atoms with Crippen molar-refractivity contribution in [3.8, 4) is 5.69 Å². The number of carbonyl (C=O) groups excluding carboxylic acids is 1. The number of hydrogen-bond acceptors (Lipinski definition) is 3. The number of aromatic nitrogens is 2. The Labute approximate surface area is 159 Å². The molecule has 1 fully saturated rings. The summed E-state index contributed by atoms with van der Waals surface area (Å²) in [6.45, 7) is 2.34. The van der Waals surface area contributed by atoms with Crippen molar-refractivity contribution in [3.63, 3.8) is 0 Å². The lowest BCUT2D eigenvalue weighted by Gasteiger charge is -2.25. The summed E-state index contributed by atoms with van der Waals surface area (Å²) in [5.41, 5.74) is 3.53. The maximum Gasteiger partial charge on any atom is 0.222 e. The van der Waals surface area contributed by atoms with Crippen LogP contribution in [0.2, 0.25) is 0 Å². The molecule has 2 heterocycles. The van der Waals surface area contributed by atoms with Crippen LogP contribution >= 0.6 is 0 Å². The molecule has 1 aromatic heterocycles. The molecule has 4 rings (SSSR count). The number of hydrogen-bond donors (Lipinski definition) is 1. The second kappa shape index (κ2) is 8.18. The fourth-order valence-corrected chi connectivity index (χ4v) is 3.53. The summed E-state index contributed by atoms with van der Waals surface area (Å²) in [5.74, 6) is 0.266. The van der Waals surface area contributed by atoms with Gasteiger partial charge in [0.2, 0.25) is 5.91 Å². The largest absolute Gasteiger partial charge is 0.341 e. The summed E-state index contributed by atoms with van der Waals surface area (Å²) < 4.78 is 1.99. The van der Waals surface area contributed by atoms with Gasteiger partial charge in [0, 0.05) is 44.1 Å². The molecule has 1 N–H and O–H groups in total. The summed E-state index contributed by atoms with van der Waals surface area (Å²) in [5, 5.41) is 3.64. The Balaban J connectivity index is 1.44. The van der Waals surface area contributed by atoms with E-state index in [2.05, 4.69) is 58.8 Å². The first-order chi connectivity index (χ1) is 13.3. The standard InChI is InChI=1S/C22H24N4O/c27-22-7-4-13-25(22)16-21(19-5-2-1-3-6-19)24-15-18-8-10-20(11-9-18)26-14-12-23-17-26/h1-3,5-6,8-12,14,17,21,24H,4,7,13,15-16H2/t21-/m0/s1. The quantitative estimate of drug-likeness (QED) is 0.703. The molecule has 0 bridgehead atoms. The minimum atomic E-state index is 0.126. The third kappa shape index (κ3) is 4.26. The third-order valence-electron chi connectivity index (χ3n) is 5.07. The smallest absolute Gasteiger partial charge is 0.222 e. The SMILES string of the molecule is O=C1CCCN1C[C@H](NCc1ccc(-n2ccnc2)cc1)c1ccccc1. The fourth-order valence-electron chi connectivity index (χ4n) is 3.53. The molecule has 1 aliphatic heterocycles. The summed E-state index contributed by atoms with van der Waals surface area (Å²) in [4.78, 5) is 18.1. The van der Waals surface area contributed by atoms with Crippen molar-refractivity contribution >= 4 is 5.91 Å². The lowest BCUT2D eigenvalue weighted by molar-refractivity contribution is -0.128. The Morgan fingerprint density at radius 2 is 1.89 bits per heavy atom. The van der Waals surface area contributed by atoms with Gasteiger partial charge in [-0.2, -0.15) is 0 Å². The molecule has 1 atom stereocenters. The Hall–Kier alpha value is -2.92. The highest BCUT2D eigenvalue weighted by molar-refractivity contribution is 5.78. The third-order valence-corrected chi connectivity index (χ3v) is 5.07. The Morgan fingerprint density at radius 3 is 2.56 bits per heavy atom. The first-order valence-corrected chi connectivity index (χ1v) is 9.43. The van der Waals surface area contributed by atoms with E-state index in [1.807, 2.05) is 21.7 Å². The van der Waals surface area contributed by atoms with Crippen LogP contribution in [0.4, 0.5) is 0 Å². The summed E-state index contributed by atoms with van der Waals surface area (Å²) >= 11 is 0. The van der Waals surface area contributed by atoms with Crippen LogP contribution in [0.5, 0.6) is 0 Å². The molecular formula is C22H24N4O. The van der Waals surface area contributed by atoms with Crippen molar-refractivity contribution in [1.82, 2.24) is 19.8 Å². The van der Waals surface area contributed by atoms with E-state index in [0.29, 0.717) is 6.42 Å². The number of carbonyl (C=O) groups is 1. The molecule has 0 spiro atoms. The van der Waals surface area contributed by atoms with E-state index in [0.717, 1.165) is 31.7 Å². The number of nitrogens with one attached hydrogen (secondary N) is 1. The fraction of sp³-hybridized carbons (Fsp3) is 0.273. The predicted molar refractivity (Wildman–Crippen MR) is 105 cm³/mol. The van der Waals surface area contributed by atoms with Crippen LogP contribution in [0.1, 0.15) is 30.0 Å². The highest BCUT2D eigenvalue weighted by Gasteiger charge is 2.24. The number of imidazole rings is 1. The maximum atomic E-state index is 12.1. The van der Waals surface area contributed by atoms with Gasteiger partial charge in [-0.25, -0.2) is 4.98 Å². The molecule has 3 aromatic rings. The minimum Gasteiger partial charge on any atom is -0.341 e. The van der Waals surface area contributed by atoms with Gasteiger partial charge in [-0.3, -0.25) is 4.79 Å². The number of amides is 1. The molecule has 5 nitrogen and oxygen atoms in total. The zero-order chi connectivity index (χ0) is 18.5. The second-order valence-electron chi connectivity index (χ2n) is 6.92. The molecule has 5 heteroatoms. The molecule has 1 aliphatic rings. The molecule has 2 aromatic carbocycles. The Kier molecular flexibility index (Phi) is 5.30. The molecule has 0 unspecified atom stereocenters. The van der Waals surface area contributed by atoms with E-state index in [-0.39, 0.29) is 11.9 Å². The van der Waals surface area contributed by atoms with Gasteiger partial charge >= 0.3 is 0 Å². The average molecular weight is 360 g/mol. The van der Waals surface area contributed by atoms with Crippen LogP contribution in [-0.2, 0) is 11.3 Å². The van der Waals surface area contributed by atoms with E-state index >= 15 is 0 Å².